The van der Waals surface area contributed by atoms with Crippen LogP contribution >= 0.6 is 0 Å². The van der Waals surface area contributed by atoms with Crippen molar-refractivity contribution in [2.24, 2.45) is 5.92 Å². The van der Waals surface area contributed by atoms with E-state index in [1.54, 1.807) is 11.7 Å². The first-order valence-electron chi connectivity index (χ1n) is 12.3. The predicted molar refractivity (Wildman–Crippen MR) is 141 cm³/mol. The van der Waals surface area contributed by atoms with Crippen molar-refractivity contribution in [2.45, 2.75) is 25.9 Å². The van der Waals surface area contributed by atoms with Crippen LogP contribution in [0.4, 0.5) is 5.82 Å². The van der Waals surface area contributed by atoms with Gasteiger partial charge in [0.2, 0.25) is 5.91 Å². The number of carbonyl (C=O) groups is 1. The molecule has 0 saturated carbocycles. The zero-order valence-corrected chi connectivity index (χ0v) is 20.4. The van der Waals surface area contributed by atoms with E-state index >= 15 is 0 Å². The number of hydrogen-bond acceptors (Lipinski definition) is 5. The average Bonchev–Trinajstić information content (AvgIpc) is 2.94. The number of carbonyl (C=O) groups excluding carboxylic acids is 1. The molecule has 1 saturated heterocycles. The summed E-state index contributed by atoms with van der Waals surface area (Å²) in [6, 6.07) is 25.4. The molecule has 1 fully saturated rings. The Morgan fingerprint density at radius 2 is 1.81 bits per heavy atom. The molecular weight excluding hydrogens is 452 g/mol. The van der Waals surface area contributed by atoms with Gasteiger partial charge >= 0.3 is 0 Å². The van der Waals surface area contributed by atoms with Gasteiger partial charge in [-0.3, -0.25) is 14.2 Å². The zero-order chi connectivity index (χ0) is 24.9. The number of nitrogens with zero attached hydrogens (tertiary/aromatic N) is 3. The molecule has 2 heterocycles. The summed E-state index contributed by atoms with van der Waals surface area (Å²) in [5, 5.41) is 3.06. The standard InChI is InChI=1S/C29H30N4O3/c1-36-24-13-7-11-22(17-24)18-30-28(34)23-12-8-16-32(20-23)27-29(35)33(19-21-9-3-2-4-10-21)26-15-6-5-14-25(26)31-27/h2-7,9-11,13-15,17,23H,8,12,16,18-20H2,1H3,(H,30,34). The molecule has 0 spiro atoms. The van der Waals surface area contributed by atoms with Gasteiger partial charge in [0.05, 0.1) is 30.6 Å². The highest BCUT2D eigenvalue weighted by Crippen LogP contribution is 2.23. The molecule has 1 aliphatic heterocycles. The van der Waals surface area contributed by atoms with Gasteiger partial charge in [-0.15, -0.1) is 0 Å². The lowest BCUT2D eigenvalue weighted by Crippen LogP contribution is -2.45. The average molecular weight is 483 g/mol. The lowest BCUT2D eigenvalue weighted by atomic mass is 9.97. The summed E-state index contributed by atoms with van der Waals surface area (Å²) in [6.07, 6.45) is 1.61. The van der Waals surface area contributed by atoms with Crippen LogP contribution in [-0.4, -0.2) is 35.7 Å². The normalized spacial score (nSPS) is 15.6. The van der Waals surface area contributed by atoms with E-state index in [1.165, 1.54) is 0 Å². The van der Waals surface area contributed by atoms with Crippen molar-refractivity contribution in [1.29, 1.82) is 0 Å². The number of piperidine rings is 1. The molecule has 1 unspecified atom stereocenters. The number of amides is 1. The number of ether oxygens (including phenoxy) is 1. The van der Waals surface area contributed by atoms with Gasteiger partial charge in [-0.05, 0) is 48.2 Å². The van der Waals surface area contributed by atoms with E-state index in [4.69, 9.17) is 9.72 Å². The van der Waals surface area contributed by atoms with Gasteiger partial charge in [0.15, 0.2) is 5.82 Å². The minimum atomic E-state index is -0.209. The van der Waals surface area contributed by atoms with Crippen molar-refractivity contribution < 1.29 is 9.53 Å². The predicted octanol–water partition coefficient (Wildman–Crippen LogP) is 3.99. The van der Waals surface area contributed by atoms with Crippen LogP contribution in [0.25, 0.3) is 11.0 Å². The Morgan fingerprint density at radius 1 is 1.03 bits per heavy atom. The molecule has 5 rings (SSSR count). The molecule has 1 atom stereocenters. The van der Waals surface area contributed by atoms with Gasteiger partial charge in [0, 0.05) is 19.6 Å². The molecule has 1 N–H and O–H groups in total. The molecule has 36 heavy (non-hydrogen) atoms. The SMILES string of the molecule is COc1cccc(CNC(=O)C2CCCN(c3nc4ccccc4n(Cc4ccccc4)c3=O)C2)c1. The van der Waals surface area contributed by atoms with Crippen LogP contribution in [0.3, 0.4) is 0 Å². The van der Waals surface area contributed by atoms with Gasteiger partial charge in [-0.1, -0.05) is 54.6 Å². The van der Waals surface area contributed by atoms with Crippen LogP contribution in [0.5, 0.6) is 5.75 Å². The number of anilines is 1. The van der Waals surface area contributed by atoms with Crippen molar-refractivity contribution in [3.63, 3.8) is 0 Å². The minimum Gasteiger partial charge on any atom is -0.497 e. The number of aromatic nitrogens is 2. The maximum Gasteiger partial charge on any atom is 0.294 e. The lowest BCUT2D eigenvalue weighted by molar-refractivity contribution is -0.125. The highest BCUT2D eigenvalue weighted by atomic mass is 16.5. The van der Waals surface area contributed by atoms with E-state index in [9.17, 15) is 9.59 Å². The van der Waals surface area contributed by atoms with Crippen molar-refractivity contribution in [3.8, 4) is 5.75 Å². The van der Waals surface area contributed by atoms with Crippen molar-refractivity contribution in [2.75, 3.05) is 25.1 Å². The number of hydrogen-bond donors (Lipinski definition) is 1. The second-order valence-electron chi connectivity index (χ2n) is 9.16. The first kappa shape index (κ1) is 23.6. The third-order valence-electron chi connectivity index (χ3n) is 6.71. The fourth-order valence-electron chi connectivity index (χ4n) is 4.81. The quantitative estimate of drug-likeness (QED) is 0.431. The van der Waals surface area contributed by atoms with E-state index in [-0.39, 0.29) is 17.4 Å². The summed E-state index contributed by atoms with van der Waals surface area (Å²) < 4.78 is 7.06. The monoisotopic (exact) mass is 482 g/mol. The summed E-state index contributed by atoms with van der Waals surface area (Å²) in [7, 11) is 1.63. The van der Waals surface area contributed by atoms with Gasteiger partial charge in [0.1, 0.15) is 5.75 Å². The first-order valence-corrected chi connectivity index (χ1v) is 12.3. The van der Waals surface area contributed by atoms with Crippen molar-refractivity contribution in [1.82, 2.24) is 14.9 Å². The van der Waals surface area contributed by atoms with Crippen molar-refractivity contribution in [3.05, 3.63) is 100 Å². The minimum absolute atomic E-state index is 0.00656. The van der Waals surface area contributed by atoms with Gasteiger partial charge < -0.3 is 15.0 Å². The third kappa shape index (κ3) is 5.10. The number of nitrogens with one attached hydrogen (secondary N) is 1. The number of para-hydroxylation sites is 2. The summed E-state index contributed by atoms with van der Waals surface area (Å²) in [5.74, 6) is 0.960. The Bertz CT molecular complexity index is 1420. The Morgan fingerprint density at radius 3 is 2.64 bits per heavy atom. The summed E-state index contributed by atoms with van der Waals surface area (Å²) in [5.41, 5.74) is 3.48. The van der Waals surface area contributed by atoms with E-state index < -0.39 is 0 Å². The highest BCUT2D eigenvalue weighted by molar-refractivity contribution is 5.80. The van der Waals surface area contributed by atoms with E-state index in [0.29, 0.717) is 32.0 Å². The van der Waals surface area contributed by atoms with Gasteiger partial charge in [-0.25, -0.2) is 4.98 Å². The van der Waals surface area contributed by atoms with Crippen LogP contribution in [0, 0.1) is 5.92 Å². The zero-order valence-electron chi connectivity index (χ0n) is 20.4. The number of fused-ring (bicyclic) bond motifs is 1. The van der Waals surface area contributed by atoms with Crippen LogP contribution < -0.4 is 20.5 Å². The fourth-order valence-corrected chi connectivity index (χ4v) is 4.81. The molecule has 0 aliphatic carbocycles. The Hall–Kier alpha value is -4.13. The van der Waals surface area contributed by atoms with Gasteiger partial charge in [-0.2, -0.15) is 0 Å². The fraction of sp³-hybridized carbons (Fsp3) is 0.276. The largest absolute Gasteiger partial charge is 0.497 e. The lowest BCUT2D eigenvalue weighted by Gasteiger charge is -2.32. The van der Waals surface area contributed by atoms with Crippen LogP contribution in [0.1, 0.15) is 24.0 Å². The molecule has 7 heteroatoms. The van der Waals surface area contributed by atoms with E-state index in [2.05, 4.69) is 5.32 Å². The molecule has 3 aromatic carbocycles. The maximum absolute atomic E-state index is 13.7. The molecule has 0 bridgehead atoms. The molecule has 7 nitrogen and oxygen atoms in total. The molecule has 184 valence electrons. The first-order chi connectivity index (χ1) is 17.6. The third-order valence-corrected chi connectivity index (χ3v) is 6.71. The molecule has 1 aliphatic rings. The number of benzene rings is 3. The van der Waals surface area contributed by atoms with E-state index in [1.807, 2.05) is 83.8 Å². The number of methoxy groups -OCH3 is 1. The Kier molecular flexibility index (Phi) is 6.98. The smallest absolute Gasteiger partial charge is 0.294 e. The molecule has 4 aromatic rings. The van der Waals surface area contributed by atoms with Gasteiger partial charge in [0.25, 0.3) is 5.56 Å². The summed E-state index contributed by atoms with van der Waals surface area (Å²) in [4.78, 5) is 33.5. The summed E-state index contributed by atoms with van der Waals surface area (Å²) in [6.45, 7) is 2.07. The van der Waals surface area contributed by atoms with E-state index in [0.717, 1.165) is 40.8 Å². The molecule has 1 aromatic heterocycles. The second kappa shape index (κ2) is 10.6. The molecule has 0 radical (unpaired) electrons. The molecular formula is C29H30N4O3. The van der Waals surface area contributed by atoms with Crippen molar-refractivity contribution >= 4 is 22.8 Å². The Labute approximate surface area is 210 Å². The van der Waals surface area contributed by atoms with Crippen LogP contribution in [0.2, 0.25) is 0 Å². The Balaban J connectivity index is 1.37. The molecule has 1 amide bonds. The topological polar surface area (TPSA) is 76.5 Å². The summed E-state index contributed by atoms with van der Waals surface area (Å²) >= 11 is 0. The second-order valence-corrected chi connectivity index (χ2v) is 9.16. The highest BCUT2D eigenvalue weighted by Gasteiger charge is 2.28. The van der Waals surface area contributed by atoms with Crippen LogP contribution in [-0.2, 0) is 17.9 Å². The van der Waals surface area contributed by atoms with Crippen LogP contribution in [0.15, 0.2) is 83.7 Å². The maximum atomic E-state index is 13.7. The number of rotatable bonds is 7.